The molecule has 4 aromatic rings. The molecule has 0 radical (unpaired) electrons. The summed E-state index contributed by atoms with van der Waals surface area (Å²) in [6.07, 6.45) is 0.230. The van der Waals surface area contributed by atoms with Crippen molar-refractivity contribution < 1.29 is 19.4 Å². The lowest BCUT2D eigenvalue weighted by molar-refractivity contribution is -0.144. The summed E-state index contributed by atoms with van der Waals surface area (Å²) in [7, 11) is 0. The Morgan fingerprint density at radius 3 is 2.27 bits per heavy atom. The van der Waals surface area contributed by atoms with E-state index in [9.17, 15) is 4.79 Å². The van der Waals surface area contributed by atoms with E-state index in [0.29, 0.717) is 6.61 Å². The highest BCUT2D eigenvalue weighted by Crippen LogP contribution is 2.35. The molecule has 4 rings (SSSR count). The van der Waals surface area contributed by atoms with Crippen LogP contribution >= 0.6 is 0 Å². The molecule has 0 unspecified atom stereocenters. The minimum atomic E-state index is -0.271. The summed E-state index contributed by atoms with van der Waals surface area (Å²) in [6.45, 7) is 0.721. The van der Waals surface area contributed by atoms with Crippen molar-refractivity contribution in [2.75, 3.05) is 26.4 Å². The molecule has 0 heterocycles. The van der Waals surface area contributed by atoms with E-state index in [1.54, 1.807) is 0 Å². The van der Waals surface area contributed by atoms with Crippen molar-refractivity contribution in [1.29, 1.82) is 0 Å². The third-order valence-corrected chi connectivity index (χ3v) is 4.68. The molecule has 132 valence electrons. The monoisotopic (exact) mass is 348 g/mol. The molecule has 0 aliphatic heterocycles. The fourth-order valence-corrected chi connectivity index (χ4v) is 3.54. The highest BCUT2D eigenvalue weighted by molar-refractivity contribution is 6.23. The molecular formula is C22H20O4. The first kappa shape index (κ1) is 16.8. The predicted molar refractivity (Wildman–Crippen MR) is 103 cm³/mol. The Bertz CT molecular complexity index is 1040. The van der Waals surface area contributed by atoms with Gasteiger partial charge in [0.05, 0.1) is 26.2 Å². The maximum atomic E-state index is 12.2. The third kappa shape index (κ3) is 3.09. The van der Waals surface area contributed by atoms with E-state index in [4.69, 9.17) is 14.6 Å². The maximum Gasteiger partial charge on any atom is 0.310 e. The number of rotatable bonds is 7. The zero-order valence-electron chi connectivity index (χ0n) is 14.4. The highest BCUT2D eigenvalue weighted by atomic mass is 16.6. The minimum absolute atomic E-state index is 0.0311. The van der Waals surface area contributed by atoms with E-state index in [1.807, 2.05) is 6.07 Å². The van der Waals surface area contributed by atoms with Crippen LogP contribution in [0, 0.1) is 0 Å². The quantitative estimate of drug-likeness (QED) is 0.314. The fourth-order valence-electron chi connectivity index (χ4n) is 3.54. The molecule has 0 aliphatic carbocycles. The maximum absolute atomic E-state index is 12.2. The number of ether oxygens (including phenoxy) is 2. The van der Waals surface area contributed by atoms with Crippen molar-refractivity contribution >= 4 is 38.3 Å². The van der Waals surface area contributed by atoms with Gasteiger partial charge >= 0.3 is 5.97 Å². The number of carbonyl (C=O) groups is 1. The third-order valence-electron chi connectivity index (χ3n) is 4.68. The molecular weight excluding hydrogens is 328 g/mol. The molecule has 26 heavy (non-hydrogen) atoms. The highest BCUT2D eigenvalue weighted by Gasteiger charge is 2.13. The van der Waals surface area contributed by atoms with Crippen LogP contribution in [0.2, 0.25) is 0 Å². The van der Waals surface area contributed by atoms with Crippen LogP contribution in [0.25, 0.3) is 32.3 Å². The van der Waals surface area contributed by atoms with Gasteiger partial charge < -0.3 is 14.6 Å². The van der Waals surface area contributed by atoms with Crippen LogP contribution in [0.15, 0.2) is 54.6 Å². The lowest BCUT2D eigenvalue weighted by Gasteiger charge is -2.13. The average molecular weight is 348 g/mol. The second-order valence-electron chi connectivity index (χ2n) is 6.31. The van der Waals surface area contributed by atoms with Crippen LogP contribution in [0.1, 0.15) is 5.56 Å². The summed E-state index contributed by atoms with van der Waals surface area (Å²) in [6, 6.07) is 18.9. The molecule has 0 amide bonds. The van der Waals surface area contributed by atoms with Gasteiger partial charge in [-0.1, -0.05) is 54.6 Å². The predicted octanol–water partition coefficient (Wildman–Crippen LogP) is 3.68. The van der Waals surface area contributed by atoms with E-state index >= 15 is 0 Å². The van der Waals surface area contributed by atoms with Gasteiger partial charge in [0, 0.05) is 0 Å². The van der Waals surface area contributed by atoms with Crippen molar-refractivity contribution in [2.24, 2.45) is 0 Å². The van der Waals surface area contributed by atoms with E-state index < -0.39 is 0 Å². The van der Waals surface area contributed by atoms with Crippen LogP contribution in [-0.2, 0) is 20.7 Å². The molecule has 0 bridgehead atoms. The Hall–Kier alpha value is -2.69. The van der Waals surface area contributed by atoms with Gasteiger partial charge in [-0.05, 0) is 37.9 Å². The van der Waals surface area contributed by atoms with Crippen molar-refractivity contribution in [3.8, 4) is 0 Å². The number of hydrogen-bond acceptors (Lipinski definition) is 4. The molecule has 1 N–H and O–H groups in total. The van der Waals surface area contributed by atoms with Gasteiger partial charge in [0.25, 0.3) is 0 Å². The summed E-state index contributed by atoms with van der Waals surface area (Å²) in [5, 5.41) is 15.8. The number of hydrogen-bond donors (Lipinski definition) is 1. The number of aliphatic hydroxyl groups is 1. The Morgan fingerprint density at radius 2 is 1.50 bits per heavy atom. The van der Waals surface area contributed by atoms with Gasteiger partial charge in [-0.2, -0.15) is 0 Å². The van der Waals surface area contributed by atoms with Crippen LogP contribution < -0.4 is 0 Å². The van der Waals surface area contributed by atoms with Crippen molar-refractivity contribution in [3.63, 3.8) is 0 Å². The molecule has 4 nitrogen and oxygen atoms in total. The Labute approximate surface area is 151 Å². The lowest BCUT2D eigenvalue weighted by Crippen LogP contribution is -2.13. The normalized spacial score (nSPS) is 11.6. The van der Waals surface area contributed by atoms with Gasteiger partial charge in [0.15, 0.2) is 0 Å². The first-order valence-corrected chi connectivity index (χ1v) is 8.77. The SMILES string of the molecule is O=C(Cc1ccc2ccc3cccc4ccc1c2c34)OCCOCCO. The second kappa shape index (κ2) is 7.28. The zero-order chi connectivity index (χ0) is 17.9. The Morgan fingerprint density at radius 1 is 0.808 bits per heavy atom. The molecule has 4 aromatic carbocycles. The van der Waals surface area contributed by atoms with Gasteiger partial charge in [0.1, 0.15) is 6.61 Å². The van der Waals surface area contributed by atoms with Crippen LogP contribution in [0.3, 0.4) is 0 Å². The summed E-state index contributed by atoms with van der Waals surface area (Å²) in [4.78, 5) is 12.2. The molecule has 0 atom stereocenters. The van der Waals surface area contributed by atoms with Crippen molar-refractivity contribution in [3.05, 3.63) is 60.2 Å². The molecule has 0 aromatic heterocycles. The molecule has 0 saturated heterocycles. The van der Waals surface area contributed by atoms with Gasteiger partial charge in [-0.3, -0.25) is 4.79 Å². The first-order valence-electron chi connectivity index (χ1n) is 8.77. The largest absolute Gasteiger partial charge is 0.463 e. The van der Waals surface area contributed by atoms with Crippen LogP contribution in [-0.4, -0.2) is 37.5 Å². The molecule has 0 fully saturated rings. The van der Waals surface area contributed by atoms with E-state index in [2.05, 4.69) is 48.5 Å². The Kier molecular flexibility index (Phi) is 4.69. The van der Waals surface area contributed by atoms with Crippen molar-refractivity contribution in [1.82, 2.24) is 0 Å². The zero-order valence-corrected chi connectivity index (χ0v) is 14.4. The number of aliphatic hydroxyl groups excluding tert-OH is 1. The van der Waals surface area contributed by atoms with Crippen LogP contribution in [0.5, 0.6) is 0 Å². The number of carbonyl (C=O) groups excluding carboxylic acids is 1. The molecule has 0 aliphatic rings. The van der Waals surface area contributed by atoms with Gasteiger partial charge in [0.2, 0.25) is 0 Å². The van der Waals surface area contributed by atoms with Crippen molar-refractivity contribution in [2.45, 2.75) is 6.42 Å². The first-order chi connectivity index (χ1) is 12.8. The number of benzene rings is 4. The number of esters is 1. The fraction of sp³-hybridized carbons (Fsp3) is 0.227. The van der Waals surface area contributed by atoms with E-state index in [1.165, 1.54) is 26.9 Å². The van der Waals surface area contributed by atoms with Gasteiger partial charge in [-0.15, -0.1) is 0 Å². The molecule has 4 heteroatoms. The smallest absolute Gasteiger partial charge is 0.310 e. The molecule has 0 spiro atoms. The Balaban J connectivity index is 1.63. The average Bonchev–Trinajstić information content (AvgIpc) is 2.67. The van der Waals surface area contributed by atoms with E-state index in [0.717, 1.165) is 10.9 Å². The second-order valence-corrected chi connectivity index (χ2v) is 6.31. The standard InChI is InChI=1S/C22H20O4/c23-10-11-25-12-13-26-20(24)14-18-7-6-17-5-4-15-2-1-3-16-8-9-19(18)22(17)21(15)16/h1-9,23H,10-14H2. The summed E-state index contributed by atoms with van der Waals surface area (Å²) in [5.74, 6) is -0.271. The summed E-state index contributed by atoms with van der Waals surface area (Å²) >= 11 is 0. The topological polar surface area (TPSA) is 55.8 Å². The summed E-state index contributed by atoms with van der Waals surface area (Å²) < 4.78 is 10.3. The lowest BCUT2D eigenvalue weighted by atomic mass is 9.91. The molecule has 0 saturated carbocycles. The van der Waals surface area contributed by atoms with Gasteiger partial charge in [-0.25, -0.2) is 0 Å². The minimum Gasteiger partial charge on any atom is -0.463 e. The van der Waals surface area contributed by atoms with Crippen LogP contribution in [0.4, 0.5) is 0 Å². The van der Waals surface area contributed by atoms with E-state index in [-0.39, 0.29) is 32.2 Å². The summed E-state index contributed by atoms with van der Waals surface area (Å²) in [5.41, 5.74) is 0.969.